The molecule has 1 aromatic heterocycles. The van der Waals surface area contributed by atoms with Gasteiger partial charge in [-0.2, -0.15) is 0 Å². The molecule has 4 rings (SSSR count). The summed E-state index contributed by atoms with van der Waals surface area (Å²) < 4.78 is 16.6. The number of benzene rings is 2. The van der Waals surface area contributed by atoms with E-state index in [0.29, 0.717) is 16.8 Å². The van der Waals surface area contributed by atoms with Gasteiger partial charge in [0.2, 0.25) is 11.8 Å². The molecule has 1 unspecified atom stereocenters. The highest BCUT2D eigenvalue weighted by Crippen LogP contribution is 2.28. The number of halogens is 1. The Balaban J connectivity index is 1.62. The number of carbonyl (C=O) groups is 3. The molecule has 1 aliphatic heterocycles. The Morgan fingerprint density at radius 3 is 2.56 bits per heavy atom. The number of amides is 3. The smallest absolute Gasteiger partial charge is 0.251 e. The second kappa shape index (κ2) is 8.93. The monoisotopic (exact) mass is 464 g/mol. The van der Waals surface area contributed by atoms with Crippen molar-refractivity contribution in [2.24, 2.45) is 13.0 Å². The third-order valence-corrected chi connectivity index (χ3v) is 6.18. The minimum absolute atomic E-state index is 0.0807. The van der Waals surface area contributed by atoms with Crippen molar-refractivity contribution in [3.8, 4) is 0 Å². The van der Waals surface area contributed by atoms with E-state index in [4.69, 9.17) is 0 Å². The lowest BCUT2D eigenvalue weighted by Gasteiger charge is -2.22. The van der Waals surface area contributed by atoms with Crippen LogP contribution < -0.4 is 16.0 Å². The molecule has 34 heavy (non-hydrogen) atoms. The summed E-state index contributed by atoms with van der Waals surface area (Å²) in [5.41, 5.74) is 2.05. The molecule has 0 spiro atoms. The molecular formula is C26H29FN4O3. The molecule has 0 bridgehead atoms. The van der Waals surface area contributed by atoms with E-state index >= 15 is 0 Å². The van der Waals surface area contributed by atoms with Gasteiger partial charge >= 0.3 is 0 Å². The van der Waals surface area contributed by atoms with Gasteiger partial charge < -0.3 is 20.5 Å². The first kappa shape index (κ1) is 23.5. The Kier molecular flexibility index (Phi) is 6.17. The van der Waals surface area contributed by atoms with Gasteiger partial charge in [0.05, 0.1) is 5.92 Å². The van der Waals surface area contributed by atoms with Crippen LogP contribution in [-0.4, -0.2) is 28.8 Å². The topological polar surface area (TPSA) is 92.2 Å². The molecule has 0 saturated carbocycles. The van der Waals surface area contributed by atoms with Gasteiger partial charge in [-0.05, 0) is 52.3 Å². The minimum atomic E-state index is -1.02. The molecule has 2 heterocycles. The summed E-state index contributed by atoms with van der Waals surface area (Å²) in [5.74, 6) is -2.04. The fourth-order valence-corrected chi connectivity index (χ4v) is 4.25. The fraction of sp³-hybridized carbons (Fsp3) is 0.346. The Labute approximate surface area is 197 Å². The van der Waals surface area contributed by atoms with Crippen LogP contribution in [0.2, 0.25) is 0 Å². The molecular weight excluding hydrogens is 435 g/mol. The summed E-state index contributed by atoms with van der Waals surface area (Å²) in [6.07, 6.45) is 1.99. The fourth-order valence-electron chi connectivity index (χ4n) is 4.25. The maximum Gasteiger partial charge on any atom is 0.251 e. The number of carbonyl (C=O) groups excluding carboxylic acids is 3. The highest BCUT2D eigenvalue weighted by atomic mass is 19.1. The highest BCUT2D eigenvalue weighted by molar-refractivity contribution is 5.99. The number of nitrogens with zero attached hydrogens (tertiary/aromatic N) is 1. The van der Waals surface area contributed by atoms with Gasteiger partial charge in [0.25, 0.3) is 5.91 Å². The number of hydrogen-bond acceptors (Lipinski definition) is 3. The summed E-state index contributed by atoms with van der Waals surface area (Å²) in [6.45, 7) is 5.98. The number of aromatic nitrogens is 1. The summed E-state index contributed by atoms with van der Waals surface area (Å²) >= 11 is 0. The summed E-state index contributed by atoms with van der Waals surface area (Å²) in [4.78, 5) is 37.7. The predicted molar refractivity (Wildman–Crippen MR) is 129 cm³/mol. The molecule has 7 nitrogen and oxygen atoms in total. The zero-order valence-electron chi connectivity index (χ0n) is 19.7. The molecule has 3 N–H and O–H groups in total. The summed E-state index contributed by atoms with van der Waals surface area (Å²) in [5, 5.41) is 9.09. The van der Waals surface area contributed by atoms with E-state index in [9.17, 15) is 18.8 Å². The first-order chi connectivity index (χ1) is 16.0. The molecule has 2 aromatic carbocycles. The molecule has 1 saturated heterocycles. The quantitative estimate of drug-likeness (QED) is 0.539. The van der Waals surface area contributed by atoms with Gasteiger partial charge in [-0.15, -0.1) is 0 Å². The van der Waals surface area contributed by atoms with Gasteiger partial charge in [-0.3, -0.25) is 14.4 Å². The average molecular weight is 465 g/mol. The minimum Gasteiger partial charge on any atom is -0.355 e. The van der Waals surface area contributed by atoms with Crippen LogP contribution in [-0.2, 0) is 26.8 Å². The lowest BCUT2D eigenvalue weighted by Crippen LogP contribution is -2.40. The molecule has 0 aliphatic carbocycles. The molecule has 1 fully saturated rings. The molecule has 3 amide bonds. The van der Waals surface area contributed by atoms with Crippen molar-refractivity contribution in [1.82, 2.24) is 15.2 Å². The summed E-state index contributed by atoms with van der Waals surface area (Å²) in [7, 11) is 1.92. The van der Waals surface area contributed by atoms with Gasteiger partial charge in [-0.25, -0.2) is 4.39 Å². The molecule has 0 radical (unpaired) electrons. The average Bonchev–Trinajstić information content (AvgIpc) is 3.36. The van der Waals surface area contributed by atoms with E-state index < -0.39 is 23.7 Å². The van der Waals surface area contributed by atoms with Crippen LogP contribution in [0.4, 0.5) is 10.1 Å². The molecule has 178 valence electrons. The van der Waals surface area contributed by atoms with Crippen molar-refractivity contribution >= 4 is 34.3 Å². The van der Waals surface area contributed by atoms with E-state index in [0.717, 1.165) is 10.9 Å². The van der Waals surface area contributed by atoms with Crippen molar-refractivity contribution in [3.63, 3.8) is 0 Å². The van der Waals surface area contributed by atoms with Crippen LogP contribution in [0.3, 0.4) is 0 Å². The second-order valence-corrected chi connectivity index (χ2v) is 9.83. The molecule has 3 aromatic rings. The number of aryl methyl sites for hydroxylation is 1. The largest absolute Gasteiger partial charge is 0.355 e. The number of nitrogens with one attached hydrogen (secondary N) is 3. The zero-order chi connectivity index (χ0) is 24.6. The number of anilines is 1. The van der Waals surface area contributed by atoms with Gasteiger partial charge in [0.15, 0.2) is 0 Å². The first-order valence-electron chi connectivity index (χ1n) is 11.3. The zero-order valence-corrected chi connectivity index (χ0v) is 19.7. The van der Waals surface area contributed by atoms with E-state index in [2.05, 4.69) is 16.0 Å². The molecule has 1 aliphatic rings. The van der Waals surface area contributed by atoms with E-state index in [-0.39, 0.29) is 30.2 Å². The second-order valence-electron chi connectivity index (χ2n) is 9.83. The van der Waals surface area contributed by atoms with Crippen LogP contribution in [0.5, 0.6) is 0 Å². The maximum absolute atomic E-state index is 14.7. The van der Waals surface area contributed by atoms with Crippen molar-refractivity contribution in [1.29, 1.82) is 0 Å². The van der Waals surface area contributed by atoms with E-state index in [1.165, 1.54) is 6.07 Å². The SMILES string of the molecule is Cn1ccc2cc(C(NC(=O)[C@@H]3CNC(=O)C3)C(=O)Nc3ccc(C(C)(C)C)c(F)c3)ccc21. The Morgan fingerprint density at radius 2 is 1.91 bits per heavy atom. The Bertz CT molecular complexity index is 1270. The first-order valence-corrected chi connectivity index (χ1v) is 11.3. The third kappa shape index (κ3) is 4.81. The third-order valence-electron chi connectivity index (χ3n) is 6.18. The highest BCUT2D eigenvalue weighted by Gasteiger charge is 2.32. The van der Waals surface area contributed by atoms with Crippen molar-refractivity contribution in [2.75, 3.05) is 11.9 Å². The maximum atomic E-state index is 14.7. The number of hydrogen-bond donors (Lipinski definition) is 3. The molecule has 8 heteroatoms. The van der Waals surface area contributed by atoms with E-state index in [1.54, 1.807) is 18.2 Å². The van der Waals surface area contributed by atoms with Crippen LogP contribution in [0, 0.1) is 11.7 Å². The van der Waals surface area contributed by atoms with E-state index in [1.807, 2.05) is 56.8 Å². The lowest BCUT2D eigenvalue weighted by atomic mass is 9.86. The van der Waals surface area contributed by atoms with Crippen LogP contribution in [0.25, 0.3) is 10.9 Å². The normalized spacial score (nSPS) is 16.9. The Morgan fingerprint density at radius 1 is 1.15 bits per heavy atom. The Hall–Kier alpha value is -3.68. The standard InChI is InChI=1S/C26H29FN4O3/c1-26(2,3)19-7-6-18(13-20(19)27)29-25(34)23(30-24(33)17-12-22(32)28-14-17)16-5-8-21-15(11-16)9-10-31(21)4/h5-11,13,17,23H,12,14H2,1-4H3,(H,28,32)(H,29,34)(H,30,33)/t17-,23?/m0/s1. The summed E-state index contributed by atoms with van der Waals surface area (Å²) in [6, 6.07) is 11.0. The van der Waals surface area contributed by atoms with Crippen molar-refractivity contribution < 1.29 is 18.8 Å². The number of rotatable bonds is 5. The van der Waals surface area contributed by atoms with Gasteiger partial charge in [-0.1, -0.05) is 32.9 Å². The predicted octanol–water partition coefficient (Wildman–Crippen LogP) is 3.55. The van der Waals surface area contributed by atoms with Crippen LogP contribution >= 0.6 is 0 Å². The molecule has 2 atom stereocenters. The van der Waals surface area contributed by atoms with Gasteiger partial charge in [0.1, 0.15) is 11.9 Å². The van der Waals surface area contributed by atoms with Crippen molar-refractivity contribution in [2.45, 2.75) is 38.6 Å². The van der Waals surface area contributed by atoms with Gasteiger partial charge in [0, 0.05) is 37.4 Å². The van der Waals surface area contributed by atoms with Crippen LogP contribution in [0.1, 0.15) is 44.4 Å². The lowest BCUT2D eigenvalue weighted by molar-refractivity contribution is -0.129. The number of fused-ring (bicyclic) bond motifs is 1. The van der Waals surface area contributed by atoms with Crippen molar-refractivity contribution in [3.05, 3.63) is 65.6 Å². The van der Waals surface area contributed by atoms with Crippen LogP contribution in [0.15, 0.2) is 48.7 Å².